The summed E-state index contributed by atoms with van der Waals surface area (Å²) < 4.78 is 5.05. The topological polar surface area (TPSA) is 80.9 Å². The number of aromatic nitrogens is 3. The molecule has 7 heteroatoms. The number of carbonyl (C=O) groups is 1. The van der Waals surface area contributed by atoms with Gasteiger partial charge in [-0.1, -0.05) is 71.5 Å². The Kier molecular flexibility index (Phi) is 5.08. The number of hydrogen-bond donors (Lipinski definition) is 1. The van der Waals surface area contributed by atoms with Crippen molar-refractivity contribution in [3.05, 3.63) is 66.4 Å². The monoisotopic (exact) mass is 390 g/mol. The summed E-state index contributed by atoms with van der Waals surface area (Å²) in [6.45, 7) is 3.62. The van der Waals surface area contributed by atoms with Gasteiger partial charge in [0.25, 0.3) is 0 Å². The SMILES string of the molecule is Cc1cc(NC(=O)[C@H](C)Sc2nnc(-c3ccccc3)c3ccccc23)on1. The Labute approximate surface area is 166 Å². The lowest BCUT2D eigenvalue weighted by atomic mass is 10.1. The maximum absolute atomic E-state index is 12.5. The van der Waals surface area contributed by atoms with E-state index in [0.717, 1.165) is 22.0 Å². The zero-order valence-corrected chi connectivity index (χ0v) is 16.2. The van der Waals surface area contributed by atoms with Crippen LogP contribution in [0.4, 0.5) is 5.88 Å². The Hall–Kier alpha value is -3.19. The zero-order chi connectivity index (χ0) is 19.5. The zero-order valence-electron chi connectivity index (χ0n) is 15.4. The van der Waals surface area contributed by atoms with Gasteiger partial charge in [-0.25, -0.2) is 0 Å². The Morgan fingerprint density at radius 3 is 2.46 bits per heavy atom. The molecule has 6 nitrogen and oxygen atoms in total. The van der Waals surface area contributed by atoms with Crippen LogP contribution in [0.25, 0.3) is 22.0 Å². The summed E-state index contributed by atoms with van der Waals surface area (Å²) in [5, 5.41) is 17.7. The van der Waals surface area contributed by atoms with Crippen LogP contribution in [0.3, 0.4) is 0 Å². The van der Waals surface area contributed by atoms with Crippen LogP contribution in [0.15, 0.2) is 70.2 Å². The van der Waals surface area contributed by atoms with Gasteiger partial charge >= 0.3 is 0 Å². The number of fused-ring (bicyclic) bond motifs is 1. The standard InChI is InChI=1S/C21H18N4O2S/c1-13-12-18(27-25-13)22-20(26)14(2)28-21-17-11-7-6-10-16(17)19(23-24-21)15-8-4-3-5-9-15/h3-12,14H,1-2H3,(H,22,26)/t14-/m0/s1. The highest BCUT2D eigenvalue weighted by molar-refractivity contribution is 8.00. The molecule has 0 radical (unpaired) electrons. The Balaban J connectivity index is 1.61. The fourth-order valence-corrected chi connectivity index (χ4v) is 3.74. The van der Waals surface area contributed by atoms with E-state index in [4.69, 9.17) is 4.52 Å². The second-order valence-corrected chi connectivity index (χ2v) is 7.68. The lowest BCUT2D eigenvalue weighted by Crippen LogP contribution is -2.22. The fourth-order valence-electron chi connectivity index (χ4n) is 2.84. The molecule has 2 heterocycles. The molecule has 2 aromatic carbocycles. The van der Waals surface area contributed by atoms with Crippen molar-refractivity contribution in [2.45, 2.75) is 24.1 Å². The van der Waals surface area contributed by atoms with Crippen LogP contribution in [0.5, 0.6) is 0 Å². The van der Waals surface area contributed by atoms with Gasteiger partial charge in [-0.15, -0.1) is 10.2 Å². The number of anilines is 1. The molecule has 0 spiro atoms. The smallest absolute Gasteiger partial charge is 0.240 e. The lowest BCUT2D eigenvalue weighted by molar-refractivity contribution is -0.115. The van der Waals surface area contributed by atoms with Gasteiger partial charge in [-0.2, -0.15) is 0 Å². The molecule has 1 atom stereocenters. The average Bonchev–Trinajstić information content (AvgIpc) is 3.13. The minimum absolute atomic E-state index is 0.181. The van der Waals surface area contributed by atoms with E-state index in [1.807, 2.05) is 61.5 Å². The summed E-state index contributed by atoms with van der Waals surface area (Å²) in [6, 6.07) is 19.6. The number of amides is 1. The molecular formula is C21H18N4O2S. The molecule has 1 amide bonds. The van der Waals surface area contributed by atoms with Crippen molar-refractivity contribution in [2.24, 2.45) is 0 Å². The molecule has 0 aliphatic carbocycles. The fraction of sp³-hybridized carbons (Fsp3) is 0.143. The molecule has 0 fully saturated rings. The van der Waals surface area contributed by atoms with Crippen LogP contribution in [0, 0.1) is 6.92 Å². The summed E-state index contributed by atoms with van der Waals surface area (Å²) in [5.74, 6) is 0.157. The number of carbonyl (C=O) groups excluding carboxylic acids is 1. The number of hydrogen-bond acceptors (Lipinski definition) is 6. The van der Waals surface area contributed by atoms with Gasteiger partial charge in [0.2, 0.25) is 11.8 Å². The van der Waals surface area contributed by atoms with Crippen molar-refractivity contribution >= 4 is 34.3 Å². The first kappa shape index (κ1) is 18.2. The highest BCUT2D eigenvalue weighted by Crippen LogP contribution is 2.33. The third-order valence-electron chi connectivity index (χ3n) is 4.23. The largest absolute Gasteiger partial charge is 0.338 e. The molecule has 0 aliphatic heterocycles. The Morgan fingerprint density at radius 1 is 1.04 bits per heavy atom. The molecule has 0 aliphatic rings. The van der Waals surface area contributed by atoms with Crippen molar-refractivity contribution in [1.82, 2.24) is 15.4 Å². The second kappa shape index (κ2) is 7.82. The molecule has 140 valence electrons. The highest BCUT2D eigenvalue weighted by Gasteiger charge is 2.19. The van der Waals surface area contributed by atoms with E-state index in [1.165, 1.54) is 11.8 Å². The summed E-state index contributed by atoms with van der Waals surface area (Å²) in [7, 11) is 0. The molecule has 0 unspecified atom stereocenters. The normalized spacial score (nSPS) is 12.1. The predicted octanol–water partition coefficient (Wildman–Crippen LogP) is 4.71. The highest BCUT2D eigenvalue weighted by atomic mass is 32.2. The number of aryl methyl sites for hydroxylation is 1. The summed E-state index contributed by atoms with van der Waals surface area (Å²) in [5.41, 5.74) is 2.55. The van der Waals surface area contributed by atoms with Gasteiger partial charge in [0.15, 0.2) is 0 Å². The molecule has 2 aromatic heterocycles. The van der Waals surface area contributed by atoms with Crippen molar-refractivity contribution in [1.29, 1.82) is 0 Å². The van der Waals surface area contributed by atoms with Gasteiger partial charge in [0.05, 0.1) is 10.9 Å². The first-order chi connectivity index (χ1) is 13.6. The molecule has 0 saturated heterocycles. The molecular weight excluding hydrogens is 372 g/mol. The van der Waals surface area contributed by atoms with E-state index in [9.17, 15) is 4.79 Å². The van der Waals surface area contributed by atoms with Crippen molar-refractivity contribution < 1.29 is 9.32 Å². The third-order valence-corrected chi connectivity index (χ3v) is 5.33. The molecule has 4 aromatic rings. The van der Waals surface area contributed by atoms with Crippen molar-refractivity contribution in [2.75, 3.05) is 5.32 Å². The van der Waals surface area contributed by atoms with Gasteiger partial charge in [0.1, 0.15) is 10.7 Å². The van der Waals surface area contributed by atoms with E-state index < -0.39 is 0 Å². The van der Waals surface area contributed by atoms with E-state index >= 15 is 0 Å². The first-order valence-corrected chi connectivity index (χ1v) is 9.71. The molecule has 28 heavy (non-hydrogen) atoms. The van der Waals surface area contributed by atoms with E-state index in [0.29, 0.717) is 16.6 Å². The number of thioether (sulfide) groups is 1. The van der Waals surface area contributed by atoms with E-state index in [2.05, 4.69) is 20.7 Å². The second-order valence-electron chi connectivity index (χ2n) is 6.35. The van der Waals surface area contributed by atoms with Crippen LogP contribution in [-0.2, 0) is 4.79 Å². The third kappa shape index (κ3) is 3.75. The minimum Gasteiger partial charge on any atom is -0.338 e. The molecule has 1 N–H and O–H groups in total. The molecule has 4 rings (SSSR count). The van der Waals surface area contributed by atoms with Crippen molar-refractivity contribution in [3.8, 4) is 11.3 Å². The number of rotatable bonds is 5. The van der Waals surface area contributed by atoms with Crippen LogP contribution < -0.4 is 5.32 Å². The van der Waals surface area contributed by atoms with Crippen LogP contribution in [-0.4, -0.2) is 26.5 Å². The maximum atomic E-state index is 12.5. The number of benzene rings is 2. The van der Waals surface area contributed by atoms with Crippen LogP contribution in [0.2, 0.25) is 0 Å². The summed E-state index contributed by atoms with van der Waals surface area (Å²) >= 11 is 1.36. The Bertz CT molecular complexity index is 1130. The van der Waals surface area contributed by atoms with Gasteiger partial charge in [0, 0.05) is 22.4 Å². The maximum Gasteiger partial charge on any atom is 0.240 e. The quantitative estimate of drug-likeness (QED) is 0.497. The van der Waals surface area contributed by atoms with Gasteiger partial charge in [-0.05, 0) is 13.8 Å². The first-order valence-electron chi connectivity index (χ1n) is 8.83. The van der Waals surface area contributed by atoms with Crippen LogP contribution in [0.1, 0.15) is 12.6 Å². The average molecular weight is 390 g/mol. The van der Waals surface area contributed by atoms with Crippen molar-refractivity contribution in [3.63, 3.8) is 0 Å². The van der Waals surface area contributed by atoms with E-state index in [1.54, 1.807) is 13.0 Å². The number of nitrogens with one attached hydrogen (secondary N) is 1. The summed E-state index contributed by atoms with van der Waals surface area (Å²) in [6.07, 6.45) is 0. The van der Waals surface area contributed by atoms with Gasteiger partial charge < -0.3 is 4.52 Å². The Morgan fingerprint density at radius 2 is 1.75 bits per heavy atom. The predicted molar refractivity (Wildman–Crippen MR) is 110 cm³/mol. The van der Waals surface area contributed by atoms with Crippen LogP contribution >= 0.6 is 11.8 Å². The van der Waals surface area contributed by atoms with E-state index in [-0.39, 0.29) is 11.2 Å². The molecule has 0 bridgehead atoms. The number of nitrogens with zero attached hydrogens (tertiary/aromatic N) is 3. The molecule has 0 saturated carbocycles. The lowest BCUT2D eigenvalue weighted by Gasteiger charge is -2.12. The minimum atomic E-state index is -0.384. The summed E-state index contributed by atoms with van der Waals surface area (Å²) in [4.78, 5) is 12.5. The van der Waals surface area contributed by atoms with Gasteiger partial charge in [-0.3, -0.25) is 10.1 Å².